The molecule has 4 nitrogen and oxygen atoms in total. The molecule has 0 spiro atoms. The minimum absolute atomic E-state index is 0.211. The van der Waals surface area contributed by atoms with Crippen molar-refractivity contribution in [2.45, 2.75) is 30.9 Å². The molecule has 136 valence electrons. The highest BCUT2D eigenvalue weighted by atomic mass is 35.5. The molecule has 0 saturated heterocycles. The first-order valence-corrected chi connectivity index (χ1v) is 9.50. The summed E-state index contributed by atoms with van der Waals surface area (Å²) in [4.78, 5) is 0. The summed E-state index contributed by atoms with van der Waals surface area (Å²) in [6, 6.07) is 12.3. The van der Waals surface area contributed by atoms with E-state index in [-0.39, 0.29) is 11.9 Å². The third-order valence-corrected chi connectivity index (χ3v) is 5.48. The van der Waals surface area contributed by atoms with Crippen LogP contribution in [0, 0.1) is 12.7 Å². The van der Waals surface area contributed by atoms with E-state index in [9.17, 15) is 4.39 Å². The van der Waals surface area contributed by atoms with Crippen LogP contribution in [-0.2, 0) is 12.8 Å². The van der Waals surface area contributed by atoms with Crippen molar-refractivity contribution in [1.29, 1.82) is 0 Å². The number of benzene rings is 2. The maximum absolute atomic E-state index is 13.7. The molecular formula is C19H19ClFN3OS. The van der Waals surface area contributed by atoms with E-state index in [4.69, 9.17) is 16.3 Å². The van der Waals surface area contributed by atoms with Gasteiger partial charge in [-0.1, -0.05) is 41.6 Å². The number of thioether (sulfide) groups is 1. The summed E-state index contributed by atoms with van der Waals surface area (Å²) >= 11 is 7.49. The quantitative estimate of drug-likeness (QED) is 0.531. The van der Waals surface area contributed by atoms with E-state index in [1.165, 1.54) is 17.8 Å². The highest BCUT2D eigenvalue weighted by Crippen LogP contribution is 2.28. The van der Waals surface area contributed by atoms with E-state index in [1.807, 2.05) is 49.7 Å². The van der Waals surface area contributed by atoms with Crippen LogP contribution >= 0.6 is 23.4 Å². The molecule has 0 amide bonds. The molecule has 7 heteroatoms. The van der Waals surface area contributed by atoms with Gasteiger partial charge in [0.2, 0.25) is 0 Å². The van der Waals surface area contributed by atoms with E-state index in [0.29, 0.717) is 27.3 Å². The first-order chi connectivity index (χ1) is 12.5. The zero-order valence-electron chi connectivity index (χ0n) is 14.7. The molecule has 0 bridgehead atoms. The van der Waals surface area contributed by atoms with Gasteiger partial charge in [0.25, 0.3) is 0 Å². The Morgan fingerprint density at radius 2 is 2.00 bits per heavy atom. The maximum atomic E-state index is 13.7. The molecular weight excluding hydrogens is 373 g/mol. The molecule has 1 aromatic heterocycles. The van der Waals surface area contributed by atoms with Crippen LogP contribution in [-0.4, -0.2) is 14.8 Å². The van der Waals surface area contributed by atoms with Crippen LogP contribution in [0.2, 0.25) is 5.02 Å². The lowest BCUT2D eigenvalue weighted by Crippen LogP contribution is -2.10. The van der Waals surface area contributed by atoms with Gasteiger partial charge >= 0.3 is 0 Å². The number of ether oxygens (including phenoxy) is 1. The standard InChI is InChI=1S/C19H19ClFN3OS/c1-12-10-15(8-9-16(12)20)25-13(2)18-22-23-19(24(18)3)26-11-14-6-4-5-7-17(14)21/h4-10,13H,11H2,1-3H3. The van der Waals surface area contributed by atoms with Crippen molar-refractivity contribution in [3.63, 3.8) is 0 Å². The third kappa shape index (κ3) is 4.19. The largest absolute Gasteiger partial charge is 0.483 e. The molecule has 0 fully saturated rings. The molecule has 1 unspecified atom stereocenters. The molecule has 3 aromatic rings. The van der Waals surface area contributed by atoms with Crippen LogP contribution in [0.5, 0.6) is 5.75 Å². The highest BCUT2D eigenvalue weighted by Gasteiger charge is 2.18. The van der Waals surface area contributed by atoms with E-state index in [0.717, 1.165) is 11.3 Å². The second kappa shape index (κ2) is 8.10. The van der Waals surface area contributed by atoms with E-state index in [1.54, 1.807) is 12.1 Å². The number of aryl methyl sites for hydroxylation is 1. The van der Waals surface area contributed by atoms with Gasteiger partial charge in [0.1, 0.15) is 11.6 Å². The molecule has 1 atom stereocenters. The van der Waals surface area contributed by atoms with Crippen molar-refractivity contribution in [3.8, 4) is 5.75 Å². The van der Waals surface area contributed by atoms with E-state index < -0.39 is 0 Å². The lowest BCUT2D eigenvalue weighted by atomic mass is 10.2. The molecule has 0 saturated carbocycles. The summed E-state index contributed by atoms with van der Waals surface area (Å²) in [5.74, 6) is 1.71. The molecule has 0 N–H and O–H groups in total. The Balaban J connectivity index is 1.69. The summed E-state index contributed by atoms with van der Waals surface area (Å²) < 4.78 is 21.6. The van der Waals surface area contributed by atoms with E-state index in [2.05, 4.69) is 10.2 Å². The summed E-state index contributed by atoms with van der Waals surface area (Å²) in [6.45, 7) is 3.85. The molecule has 0 aliphatic rings. The fourth-order valence-corrected chi connectivity index (χ4v) is 3.53. The molecule has 0 aliphatic heterocycles. The van der Waals surface area contributed by atoms with Crippen molar-refractivity contribution in [2.24, 2.45) is 7.05 Å². The fraction of sp³-hybridized carbons (Fsp3) is 0.263. The lowest BCUT2D eigenvalue weighted by Gasteiger charge is -2.15. The van der Waals surface area contributed by atoms with Crippen molar-refractivity contribution < 1.29 is 9.13 Å². The van der Waals surface area contributed by atoms with Crippen LogP contribution in [0.3, 0.4) is 0 Å². The molecule has 0 aliphatic carbocycles. The van der Waals surface area contributed by atoms with Crippen molar-refractivity contribution in [1.82, 2.24) is 14.8 Å². The monoisotopic (exact) mass is 391 g/mol. The Hall–Kier alpha value is -2.05. The average molecular weight is 392 g/mol. The molecule has 3 rings (SSSR count). The van der Waals surface area contributed by atoms with Gasteiger partial charge in [-0.15, -0.1) is 10.2 Å². The topological polar surface area (TPSA) is 39.9 Å². The Morgan fingerprint density at radius 3 is 2.73 bits per heavy atom. The summed E-state index contributed by atoms with van der Waals surface area (Å²) in [5.41, 5.74) is 1.60. The number of nitrogens with zero attached hydrogens (tertiary/aromatic N) is 3. The Kier molecular flexibility index (Phi) is 5.84. The Morgan fingerprint density at radius 1 is 1.23 bits per heavy atom. The predicted octanol–water partition coefficient (Wildman–Crippen LogP) is 5.35. The third-order valence-electron chi connectivity index (χ3n) is 3.99. The Labute approximate surface area is 161 Å². The van der Waals surface area contributed by atoms with Gasteiger partial charge in [-0.25, -0.2) is 4.39 Å². The van der Waals surface area contributed by atoms with Gasteiger partial charge in [0.05, 0.1) is 0 Å². The second-order valence-corrected chi connectivity index (χ2v) is 7.30. The Bertz CT molecular complexity index is 916. The zero-order valence-corrected chi connectivity index (χ0v) is 16.3. The molecule has 1 heterocycles. The number of aromatic nitrogens is 3. The smallest absolute Gasteiger partial charge is 0.191 e. The average Bonchev–Trinajstić information content (AvgIpc) is 2.98. The predicted molar refractivity (Wildman–Crippen MR) is 102 cm³/mol. The van der Waals surface area contributed by atoms with Crippen LogP contribution in [0.25, 0.3) is 0 Å². The minimum atomic E-state index is -0.282. The summed E-state index contributed by atoms with van der Waals surface area (Å²) in [7, 11) is 1.88. The normalized spacial score (nSPS) is 12.2. The van der Waals surface area contributed by atoms with Crippen LogP contribution in [0.15, 0.2) is 47.6 Å². The van der Waals surface area contributed by atoms with Crippen LogP contribution in [0.4, 0.5) is 4.39 Å². The number of rotatable bonds is 6. The molecule has 2 aromatic carbocycles. The van der Waals surface area contributed by atoms with Gasteiger partial charge in [-0.3, -0.25) is 0 Å². The van der Waals surface area contributed by atoms with Gasteiger partial charge in [-0.05, 0) is 49.2 Å². The number of hydrogen-bond donors (Lipinski definition) is 0. The summed E-state index contributed by atoms with van der Waals surface area (Å²) in [5, 5.41) is 9.86. The van der Waals surface area contributed by atoms with Crippen molar-refractivity contribution in [3.05, 3.63) is 70.3 Å². The second-order valence-electron chi connectivity index (χ2n) is 5.95. The van der Waals surface area contributed by atoms with Gasteiger partial charge < -0.3 is 9.30 Å². The first kappa shape index (κ1) is 18.7. The summed E-state index contributed by atoms with van der Waals surface area (Å²) in [6.07, 6.45) is -0.282. The van der Waals surface area contributed by atoms with Crippen molar-refractivity contribution in [2.75, 3.05) is 0 Å². The first-order valence-electron chi connectivity index (χ1n) is 8.14. The fourth-order valence-electron chi connectivity index (χ4n) is 2.51. The minimum Gasteiger partial charge on any atom is -0.483 e. The van der Waals surface area contributed by atoms with E-state index >= 15 is 0 Å². The van der Waals surface area contributed by atoms with Crippen molar-refractivity contribution >= 4 is 23.4 Å². The number of hydrogen-bond acceptors (Lipinski definition) is 4. The SMILES string of the molecule is Cc1cc(OC(C)c2nnc(SCc3ccccc3F)n2C)ccc1Cl. The van der Waals surface area contributed by atoms with Crippen LogP contribution in [0.1, 0.15) is 30.0 Å². The maximum Gasteiger partial charge on any atom is 0.191 e. The van der Waals surface area contributed by atoms with Gasteiger partial charge in [0, 0.05) is 17.8 Å². The highest BCUT2D eigenvalue weighted by molar-refractivity contribution is 7.98. The van der Waals surface area contributed by atoms with Crippen LogP contribution < -0.4 is 4.74 Å². The lowest BCUT2D eigenvalue weighted by molar-refractivity contribution is 0.211. The molecule has 26 heavy (non-hydrogen) atoms. The zero-order chi connectivity index (χ0) is 18.7. The van der Waals surface area contributed by atoms with Gasteiger partial charge in [0.15, 0.2) is 17.1 Å². The van der Waals surface area contributed by atoms with Gasteiger partial charge in [-0.2, -0.15) is 0 Å². The number of halogens is 2. The molecule has 0 radical (unpaired) electrons.